The normalized spacial score (nSPS) is 13.5. The van der Waals surface area contributed by atoms with Gasteiger partial charge in [0.1, 0.15) is 22.3 Å². The maximum atomic E-state index is 6.29. The average molecular weight is 786 g/mol. The first-order chi connectivity index (χ1) is 30.2. The molecule has 0 bridgehead atoms. The predicted octanol–water partition coefficient (Wildman–Crippen LogP) is 17.2. The highest BCUT2D eigenvalue weighted by atomic mass is 16.3. The molecular weight excluding hydrogens is 743 g/mol. The Labute approximate surface area is 355 Å². The summed E-state index contributed by atoms with van der Waals surface area (Å²) in [7, 11) is 0. The van der Waals surface area contributed by atoms with Crippen molar-refractivity contribution in [1.82, 2.24) is 0 Å². The lowest BCUT2D eigenvalue weighted by atomic mass is 9.80. The van der Waals surface area contributed by atoms with Crippen molar-refractivity contribution in [2.45, 2.75) is 38.0 Å². The molecule has 0 atom stereocenters. The van der Waals surface area contributed by atoms with Gasteiger partial charge in [0.2, 0.25) is 0 Å². The SMILES string of the molecule is c1ccc(N(c2ccc(-c3ccc4c(c3)oc3ccccc34)cc2)c2ccc(-c3cccc4oc5ccccc5c34)cc2)c(-c2cccc3cccc(C4CCCCC4)c23)c1. The van der Waals surface area contributed by atoms with Crippen molar-refractivity contribution in [3.8, 4) is 33.4 Å². The lowest BCUT2D eigenvalue weighted by Crippen LogP contribution is -2.11. The molecule has 1 aliphatic rings. The van der Waals surface area contributed by atoms with Gasteiger partial charge in [-0.05, 0) is 124 Å². The molecule has 2 heterocycles. The van der Waals surface area contributed by atoms with Crippen LogP contribution in [0, 0.1) is 0 Å². The second-order valence-electron chi connectivity index (χ2n) is 16.6. The van der Waals surface area contributed by atoms with Gasteiger partial charge < -0.3 is 13.7 Å². The molecule has 3 nitrogen and oxygen atoms in total. The number of hydrogen-bond acceptors (Lipinski definition) is 3. The Bertz CT molecular complexity index is 3400. The summed E-state index contributed by atoms with van der Waals surface area (Å²) in [5.41, 5.74) is 15.5. The van der Waals surface area contributed by atoms with E-state index in [1.165, 1.54) is 59.6 Å². The van der Waals surface area contributed by atoms with Crippen LogP contribution in [0.4, 0.5) is 17.1 Å². The highest BCUT2D eigenvalue weighted by molar-refractivity contribution is 6.12. The molecule has 292 valence electrons. The van der Waals surface area contributed by atoms with Gasteiger partial charge in [0, 0.05) is 38.5 Å². The molecule has 0 saturated heterocycles. The van der Waals surface area contributed by atoms with E-state index >= 15 is 0 Å². The van der Waals surface area contributed by atoms with Crippen LogP contribution >= 0.6 is 0 Å². The number of hydrogen-bond donors (Lipinski definition) is 0. The fraction of sp³-hybridized carbons (Fsp3) is 0.103. The minimum atomic E-state index is 0.581. The molecule has 1 saturated carbocycles. The monoisotopic (exact) mass is 785 g/mol. The molecule has 0 unspecified atom stereocenters. The van der Waals surface area contributed by atoms with E-state index in [0.29, 0.717) is 5.92 Å². The molecule has 1 fully saturated rings. The Balaban J connectivity index is 1.01. The quantitative estimate of drug-likeness (QED) is 0.161. The van der Waals surface area contributed by atoms with Gasteiger partial charge in [0.25, 0.3) is 0 Å². The lowest BCUT2D eigenvalue weighted by Gasteiger charge is -2.29. The molecule has 12 rings (SSSR count). The van der Waals surface area contributed by atoms with E-state index in [0.717, 1.165) is 83.2 Å². The van der Waals surface area contributed by atoms with Gasteiger partial charge in [-0.3, -0.25) is 0 Å². The average Bonchev–Trinajstić information content (AvgIpc) is 3.90. The van der Waals surface area contributed by atoms with Gasteiger partial charge in [-0.2, -0.15) is 0 Å². The highest BCUT2D eigenvalue weighted by Crippen LogP contribution is 2.47. The van der Waals surface area contributed by atoms with Crippen molar-refractivity contribution in [2.24, 2.45) is 0 Å². The number of fused-ring (bicyclic) bond motifs is 7. The Morgan fingerprint density at radius 2 is 0.951 bits per heavy atom. The van der Waals surface area contributed by atoms with Crippen molar-refractivity contribution in [1.29, 1.82) is 0 Å². The van der Waals surface area contributed by atoms with Crippen LogP contribution in [0.2, 0.25) is 0 Å². The Kier molecular flexibility index (Phi) is 8.59. The lowest BCUT2D eigenvalue weighted by molar-refractivity contribution is 0.445. The Morgan fingerprint density at radius 1 is 0.377 bits per heavy atom. The molecule has 0 radical (unpaired) electrons. The summed E-state index contributed by atoms with van der Waals surface area (Å²) in [5, 5.41) is 7.25. The molecule has 11 aromatic rings. The van der Waals surface area contributed by atoms with Gasteiger partial charge in [-0.1, -0.05) is 153 Å². The second kappa shape index (κ2) is 14.7. The van der Waals surface area contributed by atoms with E-state index in [2.05, 4.69) is 175 Å². The fourth-order valence-corrected chi connectivity index (χ4v) is 10.2. The van der Waals surface area contributed by atoms with E-state index in [9.17, 15) is 0 Å². The van der Waals surface area contributed by atoms with Crippen LogP contribution in [0.3, 0.4) is 0 Å². The topological polar surface area (TPSA) is 29.5 Å². The van der Waals surface area contributed by atoms with Gasteiger partial charge in [-0.15, -0.1) is 0 Å². The minimum Gasteiger partial charge on any atom is -0.456 e. The van der Waals surface area contributed by atoms with Gasteiger partial charge >= 0.3 is 0 Å². The molecule has 9 aromatic carbocycles. The Morgan fingerprint density at radius 3 is 1.75 bits per heavy atom. The van der Waals surface area contributed by atoms with E-state index < -0.39 is 0 Å². The first kappa shape index (κ1) is 35.6. The third kappa shape index (κ3) is 6.11. The first-order valence-electron chi connectivity index (χ1n) is 21.7. The molecule has 1 aliphatic carbocycles. The smallest absolute Gasteiger partial charge is 0.136 e. The highest BCUT2D eigenvalue weighted by Gasteiger charge is 2.23. The fourth-order valence-electron chi connectivity index (χ4n) is 10.2. The van der Waals surface area contributed by atoms with Crippen molar-refractivity contribution < 1.29 is 8.83 Å². The molecule has 61 heavy (non-hydrogen) atoms. The van der Waals surface area contributed by atoms with Crippen LogP contribution in [-0.4, -0.2) is 0 Å². The molecular formula is C58H43NO2. The van der Waals surface area contributed by atoms with Crippen LogP contribution in [-0.2, 0) is 0 Å². The van der Waals surface area contributed by atoms with Crippen LogP contribution in [0.15, 0.2) is 203 Å². The molecule has 0 N–H and O–H groups in total. The molecule has 3 heteroatoms. The molecule has 0 aliphatic heterocycles. The van der Waals surface area contributed by atoms with Gasteiger partial charge in [0.15, 0.2) is 0 Å². The van der Waals surface area contributed by atoms with Gasteiger partial charge in [-0.25, -0.2) is 0 Å². The van der Waals surface area contributed by atoms with Crippen LogP contribution < -0.4 is 4.90 Å². The summed E-state index contributed by atoms with van der Waals surface area (Å²) in [6.07, 6.45) is 6.46. The zero-order valence-corrected chi connectivity index (χ0v) is 33.9. The largest absolute Gasteiger partial charge is 0.456 e. The summed E-state index contributed by atoms with van der Waals surface area (Å²) in [5.74, 6) is 0.581. The minimum absolute atomic E-state index is 0.581. The summed E-state index contributed by atoms with van der Waals surface area (Å²) in [6.45, 7) is 0. The standard InChI is InChI=1S/C58H43NO2/c1-2-13-39(14-3-1)45-20-10-15-41-16-11-22-50(57(41)45)47-17-4-7-23-52(47)59(43-32-27-38(28-33-43)42-31-36-49-48-18-5-8-24-53(48)61-56(49)37-42)44-34-29-40(30-35-44)46-21-12-26-55-58(46)51-19-6-9-25-54(51)60-55/h4-12,15-37,39H,1-3,13-14H2. The van der Waals surface area contributed by atoms with Crippen molar-refractivity contribution in [3.05, 3.63) is 200 Å². The zero-order valence-electron chi connectivity index (χ0n) is 33.9. The van der Waals surface area contributed by atoms with E-state index in [1.54, 1.807) is 0 Å². The summed E-state index contributed by atoms with van der Waals surface area (Å²) < 4.78 is 12.6. The van der Waals surface area contributed by atoms with E-state index in [-0.39, 0.29) is 0 Å². The predicted molar refractivity (Wildman–Crippen MR) is 255 cm³/mol. The van der Waals surface area contributed by atoms with E-state index in [1.807, 2.05) is 24.3 Å². The number of benzene rings is 9. The number of para-hydroxylation sites is 3. The van der Waals surface area contributed by atoms with E-state index in [4.69, 9.17) is 8.83 Å². The summed E-state index contributed by atoms with van der Waals surface area (Å²) >= 11 is 0. The molecule has 2 aromatic heterocycles. The molecule has 0 amide bonds. The number of nitrogens with zero attached hydrogens (tertiary/aromatic N) is 1. The third-order valence-corrected chi connectivity index (χ3v) is 13.1. The number of furan rings is 2. The first-order valence-corrected chi connectivity index (χ1v) is 21.7. The zero-order chi connectivity index (χ0) is 40.3. The number of anilines is 3. The van der Waals surface area contributed by atoms with Crippen LogP contribution in [0.5, 0.6) is 0 Å². The van der Waals surface area contributed by atoms with Crippen molar-refractivity contribution >= 4 is 71.7 Å². The summed E-state index contributed by atoms with van der Waals surface area (Å²) in [4.78, 5) is 2.43. The second-order valence-corrected chi connectivity index (χ2v) is 16.6. The Hall–Kier alpha value is -7.36. The summed E-state index contributed by atoms with van der Waals surface area (Å²) in [6, 6.07) is 70.3. The maximum Gasteiger partial charge on any atom is 0.136 e. The third-order valence-electron chi connectivity index (χ3n) is 13.1. The van der Waals surface area contributed by atoms with Crippen LogP contribution in [0.25, 0.3) is 88.0 Å². The molecule has 0 spiro atoms. The van der Waals surface area contributed by atoms with Gasteiger partial charge in [0.05, 0.1) is 5.69 Å². The van der Waals surface area contributed by atoms with Crippen molar-refractivity contribution in [2.75, 3.05) is 4.90 Å². The number of rotatable bonds is 7. The maximum absolute atomic E-state index is 6.29. The van der Waals surface area contributed by atoms with Crippen molar-refractivity contribution in [3.63, 3.8) is 0 Å². The van der Waals surface area contributed by atoms with Crippen LogP contribution in [0.1, 0.15) is 43.6 Å².